The molecule has 5 nitrogen and oxygen atoms in total. The first kappa shape index (κ1) is 17.6. The van der Waals surface area contributed by atoms with Crippen molar-refractivity contribution in [3.8, 4) is 5.75 Å². The first-order chi connectivity index (χ1) is 11.2. The van der Waals surface area contributed by atoms with Gasteiger partial charge in [0.25, 0.3) is 0 Å². The minimum atomic E-state index is 0.569. The van der Waals surface area contributed by atoms with E-state index in [9.17, 15) is 0 Å². The highest BCUT2D eigenvalue weighted by molar-refractivity contribution is 5.77. The molecule has 0 aliphatic carbocycles. The van der Waals surface area contributed by atoms with Crippen LogP contribution in [-0.2, 0) is 6.42 Å². The largest absolute Gasteiger partial charge is 0.497 e. The Morgan fingerprint density at radius 3 is 2.87 bits per heavy atom. The van der Waals surface area contributed by atoms with Crippen LogP contribution in [0.4, 0.5) is 0 Å². The van der Waals surface area contributed by atoms with E-state index in [1.54, 1.807) is 7.11 Å². The van der Waals surface area contributed by atoms with Gasteiger partial charge in [-0.25, -0.2) is 0 Å². The van der Waals surface area contributed by atoms with Crippen LogP contribution in [0.1, 0.15) is 31.7 Å². The number of nitrogens with two attached hydrogens (primary N) is 1. The molecule has 0 bridgehead atoms. The zero-order chi connectivity index (χ0) is 16.5. The highest BCUT2D eigenvalue weighted by Gasteiger charge is 2.22. The number of aryl methyl sites for hydroxylation is 1. The van der Waals surface area contributed by atoms with Gasteiger partial charge in [0.1, 0.15) is 5.75 Å². The molecule has 1 unspecified atom stereocenters. The molecule has 3 N–H and O–H groups in total. The Balaban J connectivity index is 1.63. The van der Waals surface area contributed by atoms with E-state index in [0.29, 0.717) is 12.0 Å². The molecule has 1 heterocycles. The topological polar surface area (TPSA) is 62.9 Å². The number of hydrogen-bond acceptors (Lipinski definition) is 3. The number of nitrogens with zero attached hydrogens (tertiary/aromatic N) is 2. The molecule has 2 rings (SSSR count). The van der Waals surface area contributed by atoms with E-state index < -0.39 is 0 Å². The summed E-state index contributed by atoms with van der Waals surface area (Å²) in [4.78, 5) is 6.98. The van der Waals surface area contributed by atoms with Gasteiger partial charge in [0.15, 0.2) is 5.96 Å². The second-order valence-corrected chi connectivity index (χ2v) is 6.03. The van der Waals surface area contributed by atoms with Gasteiger partial charge in [-0.05, 0) is 56.5 Å². The lowest BCUT2D eigenvalue weighted by molar-refractivity contribution is 0.273. The quantitative estimate of drug-likeness (QED) is 0.437. The predicted molar refractivity (Wildman–Crippen MR) is 96.1 cm³/mol. The Hall–Kier alpha value is -1.75. The maximum Gasteiger partial charge on any atom is 0.188 e. The van der Waals surface area contributed by atoms with Crippen LogP contribution in [0, 0.1) is 0 Å². The van der Waals surface area contributed by atoms with Crippen LogP contribution >= 0.6 is 0 Å². The first-order valence-corrected chi connectivity index (χ1v) is 8.63. The summed E-state index contributed by atoms with van der Waals surface area (Å²) >= 11 is 0. The molecular weight excluding hydrogens is 288 g/mol. The van der Waals surface area contributed by atoms with Gasteiger partial charge in [0.2, 0.25) is 0 Å². The van der Waals surface area contributed by atoms with E-state index in [0.717, 1.165) is 38.2 Å². The van der Waals surface area contributed by atoms with E-state index in [4.69, 9.17) is 10.5 Å². The van der Waals surface area contributed by atoms with Crippen molar-refractivity contribution in [2.75, 3.05) is 33.3 Å². The summed E-state index contributed by atoms with van der Waals surface area (Å²) < 4.78 is 5.16. The van der Waals surface area contributed by atoms with Crippen molar-refractivity contribution in [3.63, 3.8) is 0 Å². The first-order valence-electron chi connectivity index (χ1n) is 8.63. The van der Waals surface area contributed by atoms with Crippen LogP contribution in [0.2, 0.25) is 0 Å². The SMILES string of the molecule is CCN1CCCC1CN=C(N)NCCCc1ccc(OC)cc1. The number of rotatable bonds is 8. The molecule has 0 spiro atoms. The van der Waals surface area contributed by atoms with Crippen LogP contribution in [0.3, 0.4) is 0 Å². The fourth-order valence-electron chi connectivity index (χ4n) is 3.08. The Kier molecular flexibility index (Phi) is 7.20. The highest BCUT2D eigenvalue weighted by Crippen LogP contribution is 2.16. The average molecular weight is 318 g/mol. The summed E-state index contributed by atoms with van der Waals surface area (Å²) in [6, 6.07) is 8.78. The van der Waals surface area contributed by atoms with Crippen molar-refractivity contribution in [1.29, 1.82) is 0 Å². The van der Waals surface area contributed by atoms with Gasteiger partial charge in [0.05, 0.1) is 13.7 Å². The van der Waals surface area contributed by atoms with Crippen LogP contribution in [-0.4, -0.2) is 50.2 Å². The van der Waals surface area contributed by atoms with E-state index in [1.807, 2.05) is 12.1 Å². The second kappa shape index (κ2) is 9.40. The molecule has 0 amide bonds. The summed E-state index contributed by atoms with van der Waals surface area (Å²) in [6.07, 6.45) is 4.58. The van der Waals surface area contributed by atoms with E-state index >= 15 is 0 Å². The maximum atomic E-state index is 5.96. The molecule has 1 aromatic carbocycles. The van der Waals surface area contributed by atoms with Crippen molar-refractivity contribution >= 4 is 5.96 Å². The maximum absolute atomic E-state index is 5.96. The molecule has 1 atom stereocenters. The van der Waals surface area contributed by atoms with E-state index in [-0.39, 0.29) is 0 Å². The van der Waals surface area contributed by atoms with Crippen LogP contribution in [0.5, 0.6) is 5.75 Å². The van der Waals surface area contributed by atoms with E-state index in [1.165, 1.54) is 24.9 Å². The average Bonchev–Trinajstić information content (AvgIpc) is 3.05. The number of ether oxygens (including phenoxy) is 1. The molecule has 1 saturated heterocycles. The number of likely N-dealkylation sites (tertiary alicyclic amines) is 1. The number of likely N-dealkylation sites (N-methyl/N-ethyl adjacent to an activating group) is 1. The van der Waals surface area contributed by atoms with Crippen LogP contribution < -0.4 is 15.8 Å². The minimum Gasteiger partial charge on any atom is -0.497 e. The molecule has 0 saturated carbocycles. The van der Waals surface area contributed by atoms with Crippen molar-refractivity contribution in [3.05, 3.63) is 29.8 Å². The number of guanidine groups is 1. The number of nitrogens with one attached hydrogen (secondary N) is 1. The van der Waals surface area contributed by atoms with Gasteiger partial charge in [-0.1, -0.05) is 19.1 Å². The molecule has 128 valence electrons. The monoisotopic (exact) mass is 318 g/mol. The molecule has 1 aliphatic heterocycles. The fourth-order valence-corrected chi connectivity index (χ4v) is 3.08. The lowest BCUT2D eigenvalue weighted by atomic mass is 10.1. The third-order valence-corrected chi connectivity index (χ3v) is 4.49. The van der Waals surface area contributed by atoms with Gasteiger partial charge < -0.3 is 15.8 Å². The van der Waals surface area contributed by atoms with Gasteiger partial charge in [-0.2, -0.15) is 0 Å². The van der Waals surface area contributed by atoms with Crippen LogP contribution in [0.25, 0.3) is 0 Å². The normalized spacial score (nSPS) is 19.0. The third-order valence-electron chi connectivity index (χ3n) is 4.49. The zero-order valence-corrected chi connectivity index (χ0v) is 14.4. The molecule has 1 aromatic rings. The highest BCUT2D eigenvalue weighted by atomic mass is 16.5. The van der Waals surface area contributed by atoms with Crippen LogP contribution in [0.15, 0.2) is 29.3 Å². The summed E-state index contributed by atoms with van der Waals surface area (Å²) in [7, 11) is 1.69. The number of aliphatic imine (C=N–C) groups is 1. The zero-order valence-electron chi connectivity index (χ0n) is 14.4. The van der Waals surface area contributed by atoms with Crippen molar-refractivity contribution < 1.29 is 4.74 Å². The predicted octanol–water partition coefficient (Wildman–Crippen LogP) is 2.02. The third kappa shape index (κ3) is 5.75. The Morgan fingerprint density at radius 1 is 1.39 bits per heavy atom. The van der Waals surface area contributed by atoms with Gasteiger partial charge >= 0.3 is 0 Å². The van der Waals surface area contributed by atoms with Crippen molar-refractivity contribution in [1.82, 2.24) is 10.2 Å². The number of hydrogen-bond donors (Lipinski definition) is 2. The lowest BCUT2D eigenvalue weighted by Crippen LogP contribution is -2.36. The summed E-state index contributed by atoms with van der Waals surface area (Å²) in [5.74, 6) is 1.47. The summed E-state index contributed by atoms with van der Waals surface area (Å²) in [5.41, 5.74) is 7.27. The Labute approximate surface area is 139 Å². The summed E-state index contributed by atoms with van der Waals surface area (Å²) in [5, 5.41) is 3.22. The molecule has 0 aromatic heterocycles. The Bertz CT molecular complexity index is 486. The second-order valence-electron chi connectivity index (χ2n) is 6.03. The standard InChI is InChI=1S/C18H30N4O/c1-3-22-13-5-7-16(22)14-21-18(19)20-12-4-6-15-8-10-17(23-2)11-9-15/h8-11,16H,3-7,12-14H2,1-2H3,(H3,19,20,21). The Morgan fingerprint density at radius 2 is 2.17 bits per heavy atom. The fraction of sp³-hybridized carbons (Fsp3) is 0.611. The molecule has 0 radical (unpaired) electrons. The molecule has 1 fully saturated rings. The number of benzene rings is 1. The van der Waals surface area contributed by atoms with Crippen molar-refractivity contribution in [2.45, 2.75) is 38.6 Å². The molecular formula is C18H30N4O. The van der Waals surface area contributed by atoms with Gasteiger partial charge in [-0.3, -0.25) is 9.89 Å². The van der Waals surface area contributed by atoms with Gasteiger partial charge in [0, 0.05) is 12.6 Å². The van der Waals surface area contributed by atoms with E-state index in [2.05, 4.69) is 34.3 Å². The lowest BCUT2D eigenvalue weighted by Gasteiger charge is -2.20. The minimum absolute atomic E-state index is 0.569. The molecule has 23 heavy (non-hydrogen) atoms. The smallest absolute Gasteiger partial charge is 0.188 e. The molecule has 5 heteroatoms. The summed E-state index contributed by atoms with van der Waals surface area (Å²) in [6.45, 7) is 6.18. The van der Waals surface area contributed by atoms with Gasteiger partial charge in [-0.15, -0.1) is 0 Å². The van der Waals surface area contributed by atoms with Crippen molar-refractivity contribution in [2.24, 2.45) is 10.7 Å². The molecule has 1 aliphatic rings. The number of methoxy groups -OCH3 is 1.